The minimum atomic E-state index is 0.939. The number of rotatable bonds is 4. The highest BCUT2D eigenvalue weighted by Crippen LogP contribution is 2.33. The molecule has 1 saturated carbocycles. The quantitative estimate of drug-likeness (QED) is 0.793. The van der Waals surface area contributed by atoms with E-state index in [0.717, 1.165) is 12.5 Å². The Morgan fingerprint density at radius 1 is 1.14 bits per heavy atom. The molecule has 0 spiro atoms. The number of hydrazine groups is 1. The van der Waals surface area contributed by atoms with E-state index in [1.54, 1.807) is 0 Å². The zero-order valence-electron chi connectivity index (χ0n) is 14.7. The number of nitrogens with one attached hydrogen (secondary N) is 1. The lowest BCUT2D eigenvalue weighted by atomic mass is 10.1. The molecule has 21 heavy (non-hydrogen) atoms. The Kier molecular flexibility index (Phi) is 8.44. The smallest absolute Gasteiger partial charge is 0.0568 e. The number of fused-ring (bicyclic) bond motifs is 1. The Balaban J connectivity index is 0.000000272. The van der Waals surface area contributed by atoms with Crippen LogP contribution in [-0.2, 0) is 6.54 Å². The van der Waals surface area contributed by atoms with E-state index in [1.165, 1.54) is 55.5 Å². The van der Waals surface area contributed by atoms with E-state index in [0.29, 0.717) is 0 Å². The second-order valence-corrected chi connectivity index (χ2v) is 5.87. The predicted octanol–water partition coefficient (Wildman–Crippen LogP) is 5.45. The Bertz CT molecular complexity index is 395. The van der Waals surface area contributed by atoms with E-state index < -0.39 is 0 Å². The van der Waals surface area contributed by atoms with Crippen molar-refractivity contribution in [3.8, 4) is 0 Å². The minimum absolute atomic E-state index is 0.939. The van der Waals surface area contributed by atoms with Crippen molar-refractivity contribution in [1.29, 1.82) is 0 Å². The lowest BCUT2D eigenvalue weighted by molar-refractivity contribution is 0.633. The number of unbranched alkanes of at least 4 members (excludes halogenated alkanes) is 2. The molecule has 3 rings (SSSR count). The second-order valence-electron chi connectivity index (χ2n) is 5.87. The first-order chi connectivity index (χ1) is 10.2. The average Bonchev–Trinajstić information content (AvgIpc) is 3.24. The molecule has 0 unspecified atom stereocenters. The van der Waals surface area contributed by atoms with Gasteiger partial charge in [-0.1, -0.05) is 59.1 Å². The number of nitrogens with zero attached hydrogens (tertiary/aromatic N) is 1. The first-order valence-electron chi connectivity index (χ1n) is 8.85. The van der Waals surface area contributed by atoms with Gasteiger partial charge < -0.3 is 5.01 Å². The van der Waals surface area contributed by atoms with Gasteiger partial charge in [0.2, 0.25) is 0 Å². The Hall–Kier alpha value is -1.02. The van der Waals surface area contributed by atoms with Crippen LogP contribution in [0.25, 0.3) is 0 Å². The molecule has 2 heteroatoms. The topological polar surface area (TPSA) is 15.3 Å². The number of anilines is 1. The maximum Gasteiger partial charge on any atom is 0.0568 e. The molecule has 1 aliphatic carbocycles. The second kappa shape index (κ2) is 9.83. The number of aryl methyl sites for hydroxylation is 1. The van der Waals surface area contributed by atoms with Crippen molar-refractivity contribution in [2.24, 2.45) is 5.92 Å². The Morgan fingerprint density at radius 2 is 1.81 bits per heavy atom. The van der Waals surface area contributed by atoms with Crippen LogP contribution in [0, 0.1) is 12.8 Å². The highest BCUT2D eigenvalue weighted by molar-refractivity contribution is 5.57. The summed E-state index contributed by atoms with van der Waals surface area (Å²) < 4.78 is 0. The van der Waals surface area contributed by atoms with E-state index in [1.807, 2.05) is 13.8 Å². The summed E-state index contributed by atoms with van der Waals surface area (Å²) in [5.74, 6) is 0.939. The minimum Gasteiger partial charge on any atom is -0.308 e. The third kappa shape index (κ3) is 6.09. The van der Waals surface area contributed by atoms with Crippen LogP contribution in [0.4, 0.5) is 5.69 Å². The van der Waals surface area contributed by atoms with Gasteiger partial charge in [0.1, 0.15) is 0 Å². The summed E-state index contributed by atoms with van der Waals surface area (Å²) in [5, 5.41) is 2.33. The van der Waals surface area contributed by atoms with Crippen LogP contribution < -0.4 is 10.4 Å². The molecule has 0 aromatic heterocycles. The normalized spacial score (nSPS) is 15.6. The van der Waals surface area contributed by atoms with Gasteiger partial charge in [-0.3, -0.25) is 0 Å². The molecule has 1 fully saturated rings. The van der Waals surface area contributed by atoms with Gasteiger partial charge in [-0.25, -0.2) is 5.43 Å². The fourth-order valence-electron chi connectivity index (χ4n) is 2.42. The summed E-state index contributed by atoms with van der Waals surface area (Å²) in [6.45, 7) is 12.8. The predicted molar refractivity (Wildman–Crippen MR) is 94.6 cm³/mol. The van der Waals surface area contributed by atoms with Crippen LogP contribution in [0.1, 0.15) is 70.9 Å². The van der Waals surface area contributed by atoms with Crippen molar-refractivity contribution in [2.75, 3.05) is 11.6 Å². The number of hydrogen-bond acceptors (Lipinski definition) is 2. The van der Waals surface area contributed by atoms with Gasteiger partial charge in [0.05, 0.1) is 5.69 Å². The van der Waals surface area contributed by atoms with Gasteiger partial charge in [-0.15, -0.1) is 0 Å². The fourth-order valence-corrected chi connectivity index (χ4v) is 2.42. The maximum atomic E-state index is 3.45. The Labute approximate surface area is 131 Å². The average molecular weight is 290 g/mol. The van der Waals surface area contributed by atoms with Gasteiger partial charge in [0.15, 0.2) is 0 Å². The Morgan fingerprint density at radius 3 is 2.33 bits per heavy atom. The zero-order chi connectivity index (χ0) is 15.7. The summed E-state index contributed by atoms with van der Waals surface area (Å²) in [4.78, 5) is 0. The van der Waals surface area contributed by atoms with Crippen molar-refractivity contribution in [3.05, 3.63) is 29.3 Å². The van der Waals surface area contributed by atoms with Gasteiger partial charge in [0.25, 0.3) is 0 Å². The van der Waals surface area contributed by atoms with E-state index in [-0.39, 0.29) is 0 Å². The third-order valence-corrected chi connectivity index (χ3v) is 3.84. The molecule has 2 aliphatic rings. The van der Waals surface area contributed by atoms with Crippen molar-refractivity contribution in [3.63, 3.8) is 0 Å². The molecule has 1 aromatic rings. The standard InChI is InChI=1S/C12H16N2.C5H12.C2H6/c1-9-2-5-11-7-13-14(12(11)6-9)8-10-3-4-10;1-3-5-4-2;1-2/h2,5-6,10,13H,3-4,7-8H2,1H3;3-5H2,1-2H3;1-2H3. The lowest BCUT2D eigenvalue weighted by Gasteiger charge is -2.19. The van der Waals surface area contributed by atoms with Gasteiger partial charge in [-0.05, 0) is 42.9 Å². The summed E-state index contributed by atoms with van der Waals surface area (Å²) in [6, 6.07) is 6.73. The molecule has 2 nitrogen and oxygen atoms in total. The van der Waals surface area contributed by atoms with Gasteiger partial charge in [-0.2, -0.15) is 0 Å². The van der Waals surface area contributed by atoms with E-state index in [2.05, 4.69) is 49.4 Å². The van der Waals surface area contributed by atoms with E-state index in [9.17, 15) is 0 Å². The molecule has 1 heterocycles. The summed E-state index contributed by atoms with van der Waals surface area (Å²) >= 11 is 0. The molecular weight excluding hydrogens is 256 g/mol. The van der Waals surface area contributed by atoms with Crippen molar-refractivity contribution in [2.45, 2.75) is 73.3 Å². The van der Waals surface area contributed by atoms with Crippen LogP contribution in [0.5, 0.6) is 0 Å². The van der Waals surface area contributed by atoms with Gasteiger partial charge >= 0.3 is 0 Å². The largest absolute Gasteiger partial charge is 0.308 e. The van der Waals surface area contributed by atoms with Crippen LogP contribution >= 0.6 is 0 Å². The van der Waals surface area contributed by atoms with Crippen LogP contribution in [0.2, 0.25) is 0 Å². The number of hydrogen-bond donors (Lipinski definition) is 1. The zero-order valence-corrected chi connectivity index (χ0v) is 14.7. The first-order valence-corrected chi connectivity index (χ1v) is 8.85. The first kappa shape index (κ1) is 18.0. The highest BCUT2D eigenvalue weighted by Gasteiger charge is 2.27. The van der Waals surface area contributed by atoms with E-state index >= 15 is 0 Å². The maximum absolute atomic E-state index is 3.45. The molecule has 0 atom stereocenters. The van der Waals surface area contributed by atoms with Crippen LogP contribution in [0.3, 0.4) is 0 Å². The SMILES string of the molecule is CC.CCCCC.Cc1ccc2c(c1)N(CC1CC1)NC2. The molecule has 0 saturated heterocycles. The molecule has 0 amide bonds. The van der Waals surface area contributed by atoms with Crippen molar-refractivity contribution < 1.29 is 0 Å². The molecule has 120 valence electrons. The molecule has 0 bridgehead atoms. The fraction of sp³-hybridized carbons (Fsp3) is 0.684. The monoisotopic (exact) mass is 290 g/mol. The van der Waals surface area contributed by atoms with Crippen LogP contribution in [0.15, 0.2) is 18.2 Å². The van der Waals surface area contributed by atoms with Crippen molar-refractivity contribution in [1.82, 2.24) is 5.43 Å². The lowest BCUT2D eigenvalue weighted by Crippen LogP contribution is -2.33. The summed E-state index contributed by atoms with van der Waals surface area (Å²) in [5.41, 5.74) is 7.65. The summed E-state index contributed by atoms with van der Waals surface area (Å²) in [7, 11) is 0. The van der Waals surface area contributed by atoms with E-state index in [4.69, 9.17) is 0 Å². The highest BCUT2D eigenvalue weighted by atomic mass is 15.5. The summed E-state index contributed by atoms with van der Waals surface area (Å²) in [6.07, 6.45) is 6.91. The van der Waals surface area contributed by atoms with Crippen molar-refractivity contribution >= 4 is 5.69 Å². The number of benzene rings is 1. The third-order valence-electron chi connectivity index (χ3n) is 3.84. The molecule has 1 N–H and O–H groups in total. The van der Waals surface area contributed by atoms with Gasteiger partial charge in [0, 0.05) is 13.1 Å². The van der Waals surface area contributed by atoms with Crippen LogP contribution in [-0.4, -0.2) is 6.54 Å². The molecular formula is C19H34N2. The molecule has 0 radical (unpaired) electrons. The molecule has 1 aromatic carbocycles. The molecule has 1 aliphatic heterocycles.